The Bertz CT molecular complexity index is 587. The van der Waals surface area contributed by atoms with Crippen molar-refractivity contribution in [2.45, 2.75) is 25.4 Å². The molecule has 4 nitrogen and oxygen atoms in total. The van der Waals surface area contributed by atoms with E-state index in [0.29, 0.717) is 0 Å². The first-order valence-electron chi connectivity index (χ1n) is 6.79. The van der Waals surface area contributed by atoms with E-state index < -0.39 is 0 Å². The molecule has 0 saturated heterocycles. The number of benzene rings is 1. The van der Waals surface area contributed by atoms with Crippen LogP contribution in [0.1, 0.15) is 24.1 Å². The number of fused-ring (bicyclic) bond motifs is 1. The highest BCUT2D eigenvalue weighted by atomic mass is 16.2. The average molecular weight is 267 g/mol. The van der Waals surface area contributed by atoms with Crippen molar-refractivity contribution < 1.29 is 4.79 Å². The topological polar surface area (TPSA) is 54.0 Å². The molecule has 1 amide bonds. The van der Waals surface area contributed by atoms with Gasteiger partial charge in [-0.15, -0.1) is 0 Å². The molecule has 102 valence electrons. The molecule has 3 rings (SSSR count). The molecule has 2 N–H and O–H groups in total. The number of pyridine rings is 1. The van der Waals surface area contributed by atoms with E-state index >= 15 is 0 Å². The SMILES string of the molecule is C[C@H](NC(=O)[C@@H]1Cc2ccccc2N1)c1ccncc1. The van der Waals surface area contributed by atoms with Crippen LogP contribution >= 0.6 is 0 Å². The van der Waals surface area contributed by atoms with Crippen LogP contribution in [0.2, 0.25) is 0 Å². The van der Waals surface area contributed by atoms with Gasteiger partial charge in [-0.3, -0.25) is 9.78 Å². The van der Waals surface area contributed by atoms with E-state index in [1.54, 1.807) is 12.4 Å². The Kier molecular flexibility index (Phi) is 3.37. The molecule has 4 heteroatoms. The summed E-state index contributed by atoms with van der Waals surface area (Å²) in [5.74, 6) is 0.0329. The van der Waals surface area contributed by atoms with E-state index in [0.717, 1.165) is 17.7 Å². The van der Waals surface area contributed by atoms with Gasteiger partial charge < -0.3 is 10.6 Å². The summed E-state index contributed by atoms with van der Waals surface area (Å²) in [5, 5.41) is 6.31. The van der Waals surface area contributed by atoms with Crippen LogP contribution in [0, 0.1) is 0 Å². The Morgan fingerprint density at radius 2 is 2.05 bits per heavy atom. The Morgan fingerprint density at radius 1 is 1.30 bits per heavy atom. The van der Waals surface area contributed by atoms with Crippen LogP contribution in [-0.4, -0.2) is 16.9 Å². The van der Waals surface area contributed by atoms with Gasteiger partial charge in [0.25, 0.3) is 0 Å². The molecule has 1 aliphatic heterocycles. The van der Waals surface area contributed by atoms with Crippen molar-refractivity contribution in [3.63, 3.8) is 0 Å². The molecule has 2 aromatic rings. The number of aromatic nitrogens is 1. The summed E-state index contributed by atoms with van der Waals surface area (Å²) in [6.07, 6.45) is 4.22. The highest BCUT2D eigenvalue weighted by Gasteiger charge is 2.27. The van der Waals surface area contributed by atoms with Crippen LogP contribution in [0.15, 0.2) is 48.8 Å². The maximum absolute atomic E-state index is 12.3. The second kappa shape index (κ2) is 5.33. The Hall–Kier alpha value is -2.36. The number of nitrogens with one attached hydrogen (secondary N) is 2. The van der Waals surface area contributed by atoms with Crippen LogP contribution < -0.4 is 10.6 Å². The van der Waals surface area contributed by atoms with E-state index in [9.17, 15) is 4.79 Å². The molecule has 0 bridgehead atoms. The molecule has 2 heterocycles. The van der Waals surface area contributed by atoms with E-state index in [2.05, 4.69) is 21.7 Å². The predicted molar refractivity (Wildman–Crippen MR) is 78.4 cm³/mol. The summed E-state index contributed by atoms with van der Waals surface area (Å²) < 4.78 is 0. The monoisotopic (exact) mass is 267 g/mol. The van der Waals surface area contributed by atoms with Gasteiger partial charge >= 0.3 is 0 Å². The Labute approximate surface area is 118 Å². The van der Waals surface area contributed by atoms with Crippen molar-refractivity contribution in [3.8, 4) is 0 Å². The standard InChI is InChI=1S/C16H17N3O/c1-11(12-6-8-17-9-7-12)18-16(20)15-10-13-4-2-3-5-14(13)19-15/h2-9,11,15,19H,10H2,1H3,(H,18,20)/t11-,15-/m0/s1. The number of anilines is 1. The second-order valence-corrected chi connectivity index (χ2v) is 5.07. The number of hydrogen-bond acceptors (Lipinski definition) is 3. The first-order valence-corrected chi connectivity index (χ1v) is 6.79. The summed E-state index contributed by atoms with van der Waals surface area (Å²) in [6.45, 7) is 1.98. The molecule has 2 atom stereocenters. The molecule has 1 aromatic heterocycles. The minimum Gasteiger partial charge on any atom is -0.373 e. The van der Waals surface area contributed by atoms with Crippen molar-refractivity contribution in [1.29, 1.82) is 0 Å². The molecule has 0 radical (unpaired) electrons. The third-order valence-corrected chi connectivity index (χ3v) is 3.65. The van der Waals surface area contributed by atoms with Crippen LogP contribution in [0.3, 0.4) is 0 Å². The lowest BCUT2D eigenvalue weighted by Gasteiger charge is -2.17. The maximum Gasteiger partial charge on any atom is 0.243 e. The highest BCUT2D eigenvalue weighted by Crippen LogP contribution is 2.25. The van der Waals surface area contributed by atoms with Crippen LogP contribution in [-0.2, 0) is 11.2 Å². The fourth-order valence-corrected chi connectivity index (χ4v) is 2.51. The molecule has 1 aromatic carbocycles. The summed E-state index contributed by atoms with van der Waals surface area (Å²) in [7, 11) is 0. The number of carbonyl (C=O) groups excluding carboxylic acids is 1. The summed E-state index contributed by atoms with van der Waals surface area (Å²) in [6, 6.07) is 11.7. The third kappa shape index (κ3) is 2.50. The number of nitrogens with zero attached hydrogens (tertiary/aromatic N) is 1. The normalized spacial score (nSPS) is 17.9. The maximum atomic E-state index is 12.3. The molecular formula is C16H17N3O. The molecule has 0 saturated carbocycles. The van der Waals surface area contributed by atoms with Crippen molar-refractivity contribution >= 4 is 11.6 Å². The van der Waals surface area contributed by atoms with Gasteiger partial charge in [0, 0.05) is 24.5 Å². The first-order chi connectivity index (χ1) is 9.74. The van der Waals surface area contributed by atoms with Gasteiger partial charge in [-0.05, 0) is 36.2 Å². The fourth-order valence-electron chi connectivity index (χ4n) is 2.51. The van der Waals surface area contributed by atoms with Gasteiger partial charge in [0.2, 0.25) is 5.91 Å². The number of carbonyl (C=O) groups is 1. The van der Waals surface area contributed by atoms with E-state index in [4.69, 9.17) is 0 Å². The summed E-state index contributed by atoms with van der Waals surface area (Å²) >= 11 is 0. The van der Waals surface area contributed by atoms with Gasteiger partial charge in [0.1, 0.15) is 6.04 Å². The molecule has 20 heavy (non-hydrogen) atoms. The lowest BCUT2D eigenvalue weighted by Crippen LogP contribution is -2.39. The zero-order chi connectivity index (χ0) is 13.9. The van der Waals surface area contributed by atoms with Gasteiger partial charge in [-0.2, -0.15) is 0 Å². The number of amides is 1. The lowest BCUT2D eigenvalue weighted by molar-refractivity contribution is -0.122. The first kappa shape index (κ1) is 12.7. The van der Waals surface area contributed by atoms with Crippen LogP contribution in [0.25, 0.3) is 0 Å². The number of hydrogen-bond donors (Lipinski definition) is 2. The number of rotatable bonds is 3. The van der Waals surface area contributed by atoms with Gasteiger partial charge in [-0.1, -0.05) is 18.2 Å². The van der Waals surface area contributed by atoms with Crippen molar-refractivity contribution in [2.75, 3.05) is 5.32 Å². The zero-order valence-corrected chi connectivity index (χ0v) is 11.3. The fraction of sp³-hybridized carbons (Fsp3) is 0.250. The molecule has 0 fully saturated rings. The summed E-state index contributed by atoms with van der Waals surface area (Å²) in [5.41, 5.74) is 3.32. The molecule has 0 aliphatic carbocycles. The van der Waals surface area contributed by atoms with Crippen molar-refractivity contribution in [1.82, 2.24) is 10.3 Å². The highest BCUT2D eigenvalue weighted by molar-refractivity contribution is 5.87. The van der Waals surface area contributed by atoms with E-state index in [-0.39, 0.29) is 18.0 Å². The van der Waals surface area contributed by atoms with Crippen molar-refractivity contribution in [3.05, 3.63) is 59.9 Å². The van der Waals surface area contributed by atoms with E-state index in [1.807, 2.05) is 37.3 Å². The lowest BCUT2D eigenvalue weighted by atomic mass is 10.1. The van der Waals surface area contributed by atoms with E-state index in [1.165, 1.54) is 5.56 Å². The van der Waals surface area contributed by atoms with Crippen LogP contribution in [0.4, 0.5) is 5.69 Å². The quantitative estimate of drug-likeness (QED) is 0.897. The molecule has 1 aliphatic rings. The van der Waals surface area contributed by atoms with Crippen molar-refractivity contribution in [2.24, 2.45) is 0 Å². The van der Waals surface area contributed by atoms with Gasteiger partial charge in [0.05, 0.1) is 6.04 Å². The summed E-state index contributed by atoms with van der Waals surface area (Å²) in [4.78, 5) is 16.3. The van der Waals surface area contributed by atoms with Gasteiger partial charge in [0.15, 0.2) is 0 Å². The average Bonchev–Trinajstić information content (AvgIpc) is 2.92. The minimum absolute atomic E-state index is 0.0176. The second-order valence-electron chi connectivity index (χ2n) is 5.07. The largest absolute Gasteiger partial charge is 0.373 e. The Balaban J connectivity index is 1.64. The molecule has 0 unspecified atom stereocenters. The van der Waals surface area contributed by atoms with Gasteiger partial charge in [-0.25, -0.2) is 0 Å². The van der Waals surface area contributed by atoms with Crippen LogP contribution in [0.5, 0.6) is 0 Å². The number of para-hydroxylation sites is 1. The third-order valence-electron chi connectivity index (χ3n) is 3.65. The Morgan fingerprint density at radius 3 is 2.80 bits per heavy atom. The zero-order valence-electron chi connectivity index (χ0n) is 11.3. The predicted octanol–water partition coefficient (Wildman–Crippen LogP) is 2.30. The molecule has 0 spiro atoms. The minimum atomic E-state index is -0.184. The smallest absolute Gasteiger partial charge is 0.243 e. The molecular weight excluding hydrogens is 250 g/mol.